The third-order valence-electron chi connectivity index (χ3n) is 5.80. The fourth-order valence-corrected chi connectivity index (χ4v) is 4.09. The highest BCUT2D eigenvalue weighted by Gasteiger charge is 2.30. The second-order valence-electron chi connectivity index (χ2n) is 7.74. The minimum Gasteiger partial charge on any atom is -0.497 e. The molecule has 29 heavy (non-hydrogen) atoms. The molecule has 4 rings (SSSR count). The first-order valence-electron chi connectivity index (χ1n) is 10.5. The first-order chi connectivity index (χ1) is 14.2. The minimum absolute atomic E-state index is 0.143. The molecule has 0 spiro atoms. The Morgan fingerprint density at radius 2 is 1.76 bits per heavy atom. The highest BCUT2D eigenvalue weighted by Crippen LogP contribution is 2.25. The summed E-state index contributed by atoms with van der Waals surface area (Å²) in [5, 5.41) is 3.31. The molecule has 7 nitrogen and oxygen atoms in total. The molecule has 2 aromatic rings. The molecule has 7 heteroatoms. The molecule has 0 radical (unpaired) electrons. The van der Waals surface area contributed by atoms with Crippen molar-refractivity contribution in [3.8, 4) is 5.75 Å². The highest BCUT2D eigenvalue weighted by molar-refractivity contribution is 5.79. The Morgan fingerprint density at radius 1 is 1.03 bits per heavy atom. The van der Waals surface area contributed by atoms with E-state index in [1.54, 1.807) is 13.3 Å². The number of amides is 1. The van der Waals surface area contributed by atoms with E-state index in [2.05, 4.69) is 25.1 Å². The molecular weight excluding hydrogens is 366 g/mol. The zero-order valence-electron chi connectivity index (χ0n) is 17.0. The topological polar surface area (TPSA) is 70.6 Å². The van der Waals surface area contributed by atoms with Gasteiger partial charge in [0.25, 0.3) is 0 Å². The fourth-order valence-electron chi connectivity index (χ4n) is 4.09. The number of carbonyl (C=O) groups excluding carboxylic acids is 1. The van der Waals surface area contributed by atoms with Crippen LogP contribution in [-0.4, -0.2) is 54.1 Å². The molecule has 0 atom stereocenters. The molecule has 1 aromatic carbocycles. The van der Waals surface area contributed by atoms with Crippen molar-refractivity contribution in [1.82, 2.24) is 14.9 Å². The van der Waals surface area contributed by atoms with Crippen molar-refractivity contribution in [2.75, 3.05) is 43.5 Å². The maximum absolute atomic E-state index is 12.8. The van der Waals surface area contributed by atoms with E-state index in [0.717, 1.165) is 69.1 Å². The monoisotopic (exact) mass is 395 g/mol. The second-order valence-corrected chi connectivity index (χ2v) is 7.74. The second kappa shape index (κ2) is 9.11. The first kappa shape index (κ1) is 19.5. The zero-order chi connectivity index (χ0) is 20.1. The third-order valence-corrected chi connectivity index (χ3v) is 5.80. The van der Waals surface area contributed by atoms with E-state index >= 15 is 0 Å². The van der Waals surface area contributed by atoms with Crippen LogP contribution in [0.2, 0.25) is 0 Å². The van der Waals surface area contributed by atoms with Crippen molar-refractivity contribution < 1.29 is 9.53 Å². The predicted molar refractivity (Wildman–Crippen MR) is 114 cm³/mol. The van der Waals surface area contributed by atoms with Crippen molar-refractivity contribution >= 4 is 23.4 Å². The molecule has 2 aliphatic rings. The first-order valence-corrected chi connectivity index (χ1v) is 10.5. The van der Waals surface area contributed by atoms with Gasteiger partial charge in [0.05, 0.1) is 7.11 Å². The average molecular weight is 396 g/mol. The van der Waals surface area contributed by atoms with Crippen molar-refractivity contribution in [3.63, 3.8) is 0 Å². The van der Waals surface area contributed by atoms with E-state index in [1.165, 1.54) is 6.42 Å². The third kappa shape index (κ3) is 4.78. The predicted octanol–water partition coefficient (Wildman–Crippen LogP) is 3.46. The minimum atomic E-state index is 0.143. The van der Waals surface area contributed by atoms with Gasteiger partial charge in [-0.05, 0) is 62.4 Å². The number of methoxy groups -OCH3 is 1. The summed E-state index contributed by atoms with van der Waals surface area (Å²) in [7, 11) is 1.66. The van der Waals surface area contributed by atoms with Gasteiger partial charge in [-0.15, -0.1) is 0 Å². The molecule has 1 aromatic heterocycles. The van der Waals surface area contributed by atoms with Crippen LogP contribution in [0.5, 0.6) is 5.75 Å². The number of piperidine rings is 2. The summed E-state index contributed by atoms with van der Waals surface area (Å²) < 4.78 is 5.19. The Balaban J connectivity index is 1.34. The standard InChI is InChI=1S/C22H29N5O2/c1-29-19-7-5-18(6-8-19)24-20-9-12-23-22(25-20)27-15-10-17(11-16-27)21(28)26-13-3-2-4-14-26/h5-9,12,17H,2-4,10-11,13-16H2,1H3,(H,23,24,25). The molecule has 3 heterocycles. The van der Waals surface area contributed by atoms with Gasteiger partial charge < -0.3 is 19.9 Å². The quantitative estimate of drug-likeness (QED) is 0.836. The van der Waals surface area contributed by atoms with Crippen LogP contribution < -0.4 is 15.0 Å². The molecule has 0 aliphatic carbocycles. The zero-order valence-corrected chi connectivity index (χ0v) is 17.0. The van der Waals surface area contributed by atoms with Crippen LogP contribution in [0.4, 0.5) is 17.5 Å². The van der Waals surface area contributed by atoms with Gasteiger partial charge >= 0.3 is 0 Å². The number of nitrogens with zero attached hydrogens (tertiary/aromatic N) is 4. The number of rotatable bonds is 5. The van der Waals surface area contributed by atoms with Gasteiger partial charge in [0.15, 0.2) is 0 Å². The fraction of sp³-hybridized carbons (Fsp3) is 0.500. The molecular formula is C22H29N5O2. The van der Waals surface area contributed by atoms with Crippen molar-refractivity contribution in [1.29, 1.82) is 0 Å². The van der Waals surface area contributed by atoms with E-state index in [9.17, 15) is 4.79 Å². The molecule has 1 amide bonds. The summed E-state index contributed by atoms with van der Waals surface area (Å²) in [4.78, 5) is 26.1. The Kier molecular flexibility index (Phi) is 6.12. The van der Waals surface area contributed by atoms with Crippen molar-refractivity contribution in [3.05, 3.63) is 36.5 Å². The number of likely N-dealkylation sites (tertiary alicyclic amines) is 1. The van der Waals surface area contributed by atoms with Crippen LogP contribution in [0.25, 0.3) is 0 Å². The number of aromatic nitrogens is 2. The molecule has 2 saturated heterocycles. The Labute approximate surface area is 172 Å². The van der Waals surface area contributed by atoms with Crippen LogP contribution in [0.1, 0.15) is 32.1 Å². The number of hydrogen-bond acceptors (Lipinski definition) is 6. The number of carbonyl (C=O) groups is 1. The van der Waals surface area contributed by atoms with E-state index < -0.39 is 0 Å². The van der Waals surface area contributed by atoms with Gasteiger partial charge in [0, 0.05) is 44.0 Å². The van der Waals surface area contributed by atoms with Crippen molar-refractivity contribution in [2.24, 2.45) is 5.92 Å². The van der Waals surface area contributed by atoms with E-state index in [-0.39, 0.29) is 5.92 Å². The lowest BCUT2D eigenvalue weighted by Crippen LogP contribution is -2.44. The van der Waals surface area contributed by atoms with Gasteiger partial charge in [0.1, 0.15) is 11.6 Å². The van der Waals surface area contributed by atoms with Gasteiger partial charge in [0.2, 0.25) is 11.9 Å². The SMILES string of the molecule is COc1ccc(Nc2ccnc(N3CCC(C(=O)N4CCCCC4)CC3)n2)cc1. The van der Waals surface area contributed by atoms with E-state index in [4.69, 9.17) is 4.74 Å². The summed E-state index contributed by atoms with van der Waals surface area (Å²) in [5.41, 5.74) is 0.946. The largest absolute Gasteiger partial charge is 0.497 e. The number of benzene rings is 1. The van der Waals surface area contributed by atoms with Gasteiger partial charge in [-0.25, -0.2) is 4.98 Å². The Hall–Kier alpha value is -2.83. The summed E-state index contributed by atoms with van der Waals surface area (Å²) in [6, 6.07) is 9.60. The van der Waals surface area contributed by atoms with Crippen LogP contribution in [0.3, 0.4) is 0 Å². The van der Waals surface area contributed by atoms with E-state index in [0.29, 0.717) is 11.9 Å². The average Bonchev–Trinajstić information content (AvgIpc) is 2.80. The summed E-state index contributed by atoms with van der Waals surface area (Å²) in [5.74, 6) is 2.78. The summed E-state index contributed by atoms with van der Waals surface area (Å²) in [6.07, 6.45) is 7.06. The van der Waals surface area contributed by atoms with Crippen LogP contribution in [-0.2, 0) is 4.79 Å². The molecule has 0 unspecified atom stereocenters. The lowest BCUT2D eigenvalue weighted by Gasteiger charge is -2.35. The maximum Gasteiger partial charge on any atom is 0.227 e. The number of anilines is 3. The van der Waals surface area contributed by atoms with Crippen molar-refractivity contribution in [2.45, 2.75) is 32.1 Å². The molecule has 2 fully saturated rings. The number of hydrogen-bond donors (Lipinski definition) is 1. The molecule has 0 saturated carbocycles. The smallest absolute Gasteiger partial charge is 0.227 e. The molecule has 0 bridgehead atoms. The highest BCUT2D eigenvalue weighted by atomic mass is 16.5. The van der Waals surface area contributed by atoms with Gasteiger partial charge in [-0.2, -0.15) is 4.98 Å². The Bertz CT molecular complexity index is 812. The Morgan fingerprint density at radius 3 is 2.45 bits per heavy atom. The molecule has 1 N–H and O–H groups in total. The van der Waals surface area contributed by atoms with Crippen LogP contribution in [0, 0.1) is 5.92 Å². The van der Waals surface area contributed by atoms with E-state index in [1.807, 2.05) is 30.3 Å². The number of ether oxygens (including phenoxy) is 1. The summed E-state index contributed by atoms with van der Waals surface area (Å²) in [6.45, 7) is 3.49. The molecule has 2 aliphatic heterocycles. The van der Waals surface area contributed by atoms with Crippen LogP contribution in [0.15, 0.2) is 36.5 Å². The molecule has 154 valence electrons. The number of nitrogens with one attached hydrogen (secondary N) is 1. The van der Waals surface area contributed by atoms with Gasteiger partial charge in [-0.3, -0.25) is 4.79 Å². The summed E-state index contributed by atoms with van der Waals surface area (Å²) >= 11 is 0. The van der Waals surface area contributed by atoms with Gasteiger partial charge in [-0.1, -0.05) is 0 Å². The maximum atomic E-state index is 12.8. The lowest BCUT2D eigenvalue weighted by molar-refractivity contribution is -0.137. The van der Waals surface area contributed by atoms with Crippen LogP contribution >= 0.6 is 0 Å². The normalized spacial score (nSPS) is 17.8. The lowest BCUT2D eigenvalue weighted by atomic mass is 9.94.